The number of fused-ring (bicyclic) bond motifs is 2. The second-order valence-electron chi connectivity index (χ2n) is 4.53. The van der Waals surface area contributed by atoms with Crippen molar-refractivity contribution in [3.8, 4) is 0 Å². The molecule has 0 aliphatic carbocycles. The van der Waals surface area contributed by atoms with Crippen molar-refractivity contribution in [3.05, 3.63) is 53.6 Å². The van der Waals surface area contributed by atoms with Crippen molar-refractivity contribution in [2.75, 3.05) is 0 Å². The first-order valence-corrected chi connectivity index (χ1v) is 7.03. The van der Waals surface area contributed by atoms with E-state index < -0.39 is 0 Å². The summed E-state index contributed by atoms with van der Waals surface area (Å²) in [6.07, 6.45) is 8.42. The molecule has 6 heteroatoms. The summed E-state index contributed by atoms with van der Waals surface area (Å²) >= 11 is 1.60. The van der Waals surface area contributed by atoms with E-state index in [1.807, 2.05) is 45.1 Å². The Balaban J connectivity index is 1.82. The summed E-state index contributed by atoms with van der Waals surface area (Å²) in [5, 5.41) is 2.88. The number of hydrogen-bond acceptors (Lipinski definition) is 4. The first kappa shape index (κ1) is 11.4. The first-order valence-electron chi connectivity index (χ1n) is 6.15. The van der Waals surface area contributed by atoms with E-state index in [9.17, 15) is 4.79 Å². The highest BCUT2D eigenvalue weighted by Crippen LogP contribution is 2.19. The SMILES string of the molecule is O=Cc1cn(Cc2cn3ccsc3n2)c2ncccc12. The Bertz CT molecular complexity index is 889. The summed E-state index contributed by atoms with van der Waals surface area (Å²) in [7, 11) is 0. The maximum Gasteiger partial charge on any atom is 0.193 e. The molecule has 0 atom stereocenters. The third kappa shape index (κ3) is 1.65. The van der Waals surface area contributed by atoms with E-state index in [1.165, 1.54) is 0 Å². The molecule has 0 amide bonds. The van der Waals surface area contributed by atoms with Crippen LogP contribution in [-0.4, -0.2) is 25.2 Å². The lowest BCUT2D eigenvalue weighted by molar-refractivity contribution is 0.112. The van der Waals surface area contributed by atoms with Gasteiger partial charge < -0.3 is 4.57 Å². The molecule has 0 fully saturated rings. The van der Waals surface area contributed by atoms with Gasteiger partial charge in [0.25, 0.3) is 0 Å². The summed E-state index contributed by atoms with van der Waals surface area (Å²) in [4.78, 5) is 21.0. The number of carbonyl (C=O) groups is 1. The normalized spacial score (nSPS) is 11.4. The molecule has 4 aromatic rings. The van der Waals surface area contributed by atoms with E-state index in [1.54, 1.807) is 17.5 Å². The number of imidazole rings is 1. The number of rotatable bonds is 3. The third-order valence-corrected chi connectivity index (χ3v) is 4.04. The summed E-state index contributed by atoms with van der Waals surface area (Å²) in [6.45, 7) is 0.607. The van der Waals surface area contributed by atoms with Crippen molar-refractivity contribution in [2.24, 2.45) is 0 Å². The van der Waals surface area contributed by atoms with E-state index in [2.05, 4.69) is 9.97 Å². The van der Waals surface area contributed by atoms with Crippen molar-refractivity contribution >= 4 is 33.6 Å². The summed E-state index contributed by atoms with van der Waals surface area (Å²) in [5.41, 5.74) is 2.43. The largest absolute Gasteiger partial charge is 0.326 e. The van der Waals surface area contributed by atoms with Crippen LogP contribution in [0.2, 0.25) is 0 Å². The Hall–Kier alpha value is -2.47. The zero-order valence-corrected chi connectivity index (χ0v) is 11.2. The minimum absolute atomic E-state index is 0.607. The lowest BCUT2D eigenvalue weighted by Crippen LogP contribution is -1.99. The number of hydrogen-bond donors (Lipinski definition) is 0. The molecule has 0 aliphatic rings. The van der Waals surface area contributed by atoms with E-state index in [0.29, 0.717) is 12.1 Å². The lowest BCUT2D eigenvalue weighted by Gasteiger charge is -2.00. The van der Waals surface area contributed by atoms with Crippen LogP contribution >= 0.6 is 11.3 Å². The van der Waals surface area contributed by atoms with Gasteiger partial charge in [-0.1, -0.05) is 0 Å². The van der Waals surface area contributed by atoms with Gasteiger partial charge >= 0.3 is 0 Å². The van der Waals surface area contributed by atoms with E-state index in [4.69, 9.17) is 0 Å². The number of thiazole rings is 1. The molecule has 0 radical (unpaired) electrons. The standard InChI is InChI=1S/C14H10N4OS/c19-9-10-6-18(13-12(10)2-1-3-15-13)8-11-7-17-4-5-20-14(17)16-11/h1-7,9H,8H2. The number of carbonyl (C=O) groups excluding carboxylic acids is 1. The summed E-state index contributed by atoms with van der Waals surface area (Å²) < 4.78 is 3.96. The van der Waals surface area contributed by atoms with Crippen LogP contribution in [0.1, 0.15) is 16.1 Å². The Morgan fingerprint density at radius 2 is 2.30 bits per heavy atom. The van der Waals surface area contributed by atoms with Crippen LogP contribution in [0, 0.1) is 0 Å². The van der Waals surface area contributed by atoms with Gasteiger partial charge in [-0.05, 0) is 12.1 Å². The molecule has 0 saturated heterocycles. The summed E-state index contributed by atoms with van der Waals surface area (Å²) in [5.74, 6) is 0. The van der Waals surface area contributed by atoms with Crippen LogP contribution in [0.4, 0.5) is 0 Å². The molecule has 4 aromatic heterocycles. The Labute approximate surface area is 118 Å². The highest BCUT2D eigenvalue weighted by atomic mass is 32.1. The van der Waals surface area contributed by atoms with Crippen molar-refractivity contribution < 1.29 is 4.79 Å². The Morgan fingerprint density at radius 1 is 1.35 bits per heavy atom. The molecule has 20 heavy (non-hydrogen) atoms. The van der Waals surface area contributed by atoms with E-state index >= 15 is 0 Å². The number of aromatic nitrogens is 4. The molecule has 0 saturated carbocycles. The molecule has 0 aromatic carbocycles. The van der Waals surface area contributed by atoms with Gasteiger partial charge in [0.05, 0.1) is 12.2 Å². The van der Waals surface area contributed by atoms with Gasteiger partial charge in [-0.2, -0.15) is 0 Å². The topological polar surface area (TPSA) is 52.2 Å². The van der Waals surface area contributed by atoms with Crippen molar-refractivity contribution in [1.82, 2.24) is 18.9 Å². The maximum absolute atomic E-state index is 11.1. The average molecular weight is 282 g/mol. The quantitative estimate of drug-likeness (QED) is 0.543. The van der Waals surface area contributed by atoms with Crippen LogP contribution < -0.4 is 0 Å². The Kier molecular flexibility index (Phi) is 2.43. The molecule has 0 spiro atoms. The first-order chi connectivity index (χ1) is 9.85. The van der Waals surface area contributed by atoms with Crippen LogP contribution in [0.5, 0.6) is 0 Å². The second-order valence-corrected chi connectivity index (χ2v) is 5.40. The van der Waals surface area contributed by atoms with Crippen LogP contribution in [0.3, 0.4) is 0 Å². The highest BCUT2D eigenvalue weighted by molar-refractivity contribution is 7.15. The van der Waals surface area contributed by atoms with Gasteiger partial charge in [-0.15, -0.1) is 11.3 Å². The molecule has 98 valence electrons. The molecule has 0 aliphatic heterocycles. The molecule has 0 unspecified atom stereocenters. The smallest absolute Gasteiger partial charge is 0.193 e. The zero-order chi connectivity index (χ0) is 13.5. The van der Waals surface area contributed by atoms with E-state index in [0.717, 1.165) is 28.0 Å². The predicted octanol–water partition coefficient (Wildman–Crippen LogP) is 2.61. The summed E-state index contributed by atoms with van der Waals surface area (Å²) in [6, 6.07) is 3.75. The number of nitrogens with zero attached hydrogens (tertiary/aromatic N) is 4. The van der Waals surface area contributed by atoms with Crippen LogP contribution in [0.15, 0.2) is 42.3 Å². The third-order valence-electron chi connectivity index (χ3n) is 3.27. The molecule has 4 heterocycles. The minimum Gasteiger partial charge on any atom is -0.326 e. The fourth-order valence-corrected chi connectivity index (χ4v) is 3.11. The van der Waals surface area contributed by atoms with Crippen LogP contribution in [0.25, 0.3) is 16.0 Å². The van der Waals surface area contributed by atoms with Gasteiger partial charge in [0, 0.05) is 41.1 Å². The maximum atomic E-state index is 11.1. The van der Waals surface area contributed by atoms with E-state index in [-0.39, 0.29) is 0 Å². The predicted molar refractivity (Wildman–Crippen MR) is 77.3 cm³/mol. The zero-order valence-electron chi connectivity index (χ0n) is 10.4. The van der Waals surface area contributed by atoms with Crippen molar-refractivity contribution in [3.63, 3.8) is 0 Å². The van der Waals surface area contributed by atoms with Crippen molar-refractivity contribution in [1.29, 1.82) is 0 Å². The minimum atomic E-state index is 0.607. The molecule has 5 nitrogen and oxygen atoms in total. The number of aldehydes is 1. The highest BCUT2D eigenvalue weighted by Gasteiger charge is 2.10. The fraction of sp³-hybridized carbons (Fsp3) is 0.0714. The Morgan fingerprint density at radius 3 is 3.15 bits per heavy atom. The van der Waals surface area contributed by atoms with Crippen molar-refractivity contribution in [2.45, 2.75) is 6.54 Å². The molecule has 0 bridgehead atoms. The lowest BCUT2D eigenvalue weighted by atomic mass is 10.2. The number of pyridine rings is 1. The van der Waals surface area contributed by atoms with Gasteiger partial charge in [-0.25, -0.2) is 9.97 Å². The monoisotopic (exact) mass is 282 g/mol. The average Bonchev–Trinajstić information content (AvgIpc) is 3.12. The van der Waals surface area contributed by atoms with Crippen LogP contribution in [-0.2, 0) is 6.54 Å². The molecule has 4 rings (SSSR count). The molecular weight excluding hydrogens is 272 g/mol. The van der Waals surface area contributed by atoms with Gasteiger partial charge in [-0.3, -0.25) is 9.20 Å². The molecular formula is C14H10N4OS. The second kappa shape index (κ2) is 4.28. The van der Waals surface area contributed by atoms with Gasteiger partial charge in [0.2, 0.25) is 0 Å². The van der Waals surface area contributed by atoms with Gasteiger partial charge in [0.1, 0.15) is 5.65 Å². The van der Waals surface area contributed by atoms with Gasteiger partial charge in [0.15, 0.2) is 11.2 Å². The fourth-order valence-electron chi connectivity index (χ4n) is 2.39. The molecule has 0 N–H and O–H groups in total.